The van der Waals surface area contributed by atoms with Gasteiger partial charge >= 0.3 is 5.97 Å². The van der Waals surface area contributed by atoms with Gasteiger partial charge in [-0.05, 0) is 18.2 Å². The molecule has 0 aliphatic rings. The fourth-order valence-electron chi connectivity index (χ4n) is 2.27. The summed E-state index contributed by atoms with van der Waals surface area (Å²) < 4.78 is 0. The summed E-state index contributed by atoms with van der Waals surface area (Å²) in [7, 11) is 0. The van der Waals surface area contributed by atoms with E-state index in [2.05, 4.69) is 15.5 Å². The molecule has 3 rings (SSSR count). The highest BCUT2D eigenvalue weighted by atomic mass is 35.5. The molecule has 28 heavy (non-hydrogen) atoms. The molecule has 2 aromatic carbocycles. The Morgan fingerprint density at radius 1 is 1.21 bits per heavy atom. The van der Waals surface area contributed by atoms with Crippen LogP contribution in [0.3, 0.4) is 0 Å². The van der Waals surface area contributed by atoms with Crippen LogP contribution < -0.4 is 5.43 Å². The second-order valence-corrected chi connectivity index (χ2v) is 6.99. The van der Waals surface area contributed by atoms with Gasteiger partial charge in [-0.2, -0.15) is 5.10 Å². The lowest BCUT2D eigenvalue weighted by Gasteiger charge is -2.03. The lowest BCUT2D eigenvalue weighted by Crippen LogP contribution is -2.17. The Labute approximate surface area is 172 Å². The summed E-state index contributed by atoms with van der Waals surface area (Å²) in [6.45, 7) is 0. The van der Waals surface area contributed by atoms with Crippen molar-refractivity contribution in [3.63, 3.8) is 0 Å². The van der Waals surface area contributed by atoms with Crippen LogP contribution >= 0.6 is 34.5 Å². The predicted molar refractivity (Wildman–Crippen MR) is 108 cm³/mol. The van der Waals surface area contributed by atoms with Gasteiger partial charge in [-0.15, -0.1) is 11.3 Å². The second kappa shape index (κ2) is 8.34. The Kier molecular flexibility index (Phi) is 5.88. The van der Waals surface area contributed by atoms with Gasteiger partial charge in [-0.1, -0.05) is 41.4 Å². The van der Waals surface area contributed by atoms with E-state index in [4.69, 9.17) is 23.2 Å². The third-order valence-corrected chi connectivity index (χ3v) is 5.03. The van der Waals surface area contributed by atoms with Crippen LogP contribution in [0.25, 0.3) is 11.3 Å². The minimum atomic E-state index is -1.41. The summed E-state index contributed by atoms with van der Waals surface area (Å²) in [6.07, 6.45) is 0. The van der Waals surface area contributed by atoms with E-state index in [9.17, 15) is 20.0 Å². The number of nitro benzene ring substituents is 1. The highest BCUT2D eigenvalue weighted by molar-refractivity contribution is 7.14. The van der Waals surface area contributed by atoms with E-state index < -0.39 is 16.6 Å². The number of benzene rings is 2. The Morgan fingerprint density at radius 3 is 2.64 bits per heavy atom. The van der Waals surface area contributed by atoms with Gasteiger partial charge in [-0.3, -0.25) is 15.5 Å². The number of para-hydroxylation sites is 1. The van der Waals surface area contributed by atoms with Crippen LogP contribution in [0, 0.1) is 10.1 Å². The van der Waals surface area contributed by atoms with Gasteiger partial charge in [0, 0.05) is 17.0 Å². The normalized spacial score (nSPS) is 11.3. The molecular weight excluding hydrogens is 427 g/mol. The van der Waals surface area contributed by atoms with Gasteiger partial charge in [0.05, 0.1) is 26.2 Å². The van der Waals surface area contributed by atoms with Gasteiger partial charge in [0.1, 0.15) is 0 Å². The standard InChI is InChI=1S/C17H10Cl2N4O4S/c18-11-6-5-9(7-12(11)19)13-8-28-17(20-13)22-21-15(16(24)25)10-3-1-2-4-14(10)23(26)27/h1-8H,(H,20,22)(H,24,25)/b21-15-. The average molecular weight is 437 g/mol. The lowest BCUT2D eigenvalue weighted by molar-refractivity contribution is -0.385. The van der Waals surface area contributed by atoms with E-state index in [1.165, 1.54) is 35.6 Å². The van der Waals surface area contributed by atoms with Crippen LogP contribution in [-0.4, -0.2) is 26.7 Å². The Balaban J connectivity index is 1.89. The van der Waals surface area contributed by atoms with Crippen molar-refractivity contribution in [2.75, 3.05) is 5.43 Å². The molecule has 0 fully saturated rings. The average Bonchev–Trinajstić information content (AvgIpc) is 3.13. The highest BCUT2D eigenvalue weighted by Gasteiger charge is 2.23. The van der Waals surface area contributed by atoms with E-state index in [0.717, 1.165) is 5.56 Å². The van der Waals surface area contributed by atoms with E-state index in [0.29, 0.717) is 20.9 Å². The largest absolute Gasteiger partial charge is 0.476 e. The molecule has 0 bridgehead atoms. The molecule has 0 unspecified atom stereocenters. The number of aliphatic carboxylic acids is 1. The Bertz CT molecular complexity index is 1100. The van der Waals surface area contributed by atoms with Gasteiger partial charge in [-0.25, -0.2) is 9.78 Å². The van der Waals surface area contributed by atoms with Crippen molar-refractivity contribution in [3.05, 3.63) is 73.6 Å². The fourth-order valence-corrected chi connectivity index (χ4v) is 3.23. The van der Waals surface area contributed by atoms with Gasteiger partial charge in [0.15, 0.2) is 5.71 Å². The molecule has 142 valence electrons. The molecule has 0 amide bonds. The quantitative estimate of drug-likeness (QED) is 0.321. The number of carboxylic acids is 1. The van der Waals surface area contributed by atoms with Crippen molar-refractivity contribution in [3.8, 4) is 11.3 Å². The van der Waals surface area contributed by atoms with Crippen molar-refractivity contribution in [2.24, 2.45) is 5.10 Å². The van der Waals surface area contributed by atoms with Crippen molar-refractivity contribution in [1.29, 1.82) is 0 Å². The fraction of sp³-hybridized carbons (Fsp3) is 0. The van der Waals surface area contributed by atoms with Crippen LogP contribution in [0.15, 0.2) is 52.9 Å². The summed E-state index contributed by atoms with van der Waals surface area (Å²) >= 11 is 13.1. The van der Waals surface area contributed by atoms with Crippen molar-refractivity contribution in [2.45, 2.75) is 0 Å². The zero-order chi connectivity index (χ0) is 20.3. The molecule has 1 aromatic heterocycles. The third kappa shape index (κ3) is 4.28. The maximum Gasteiger partial charge on any atom is 0.357 e. The Hall–Kier alpha value is -3.01. The highest BCUT2D eigenvalue weighted by Crippen LogP contribution is 2.30. The molecule has 0 saturated carbocycles. The smallest absolute Gasteiger partial charge is 0.357 e. The number of carbonyl (C=O) groups is 1. The number of nitro groups is 1. The van der Waals surface area contributed by atoms with Crippen molar-refractivity contribution < 1.29 is 14.8 Å². The molecule has 3 aromatic rings. The number of anilines is 1. The monoisotopic (exact) mass is 436 g/mol. The second-order valence-electron chi connectivity index (χ2n) is 5.32. The van der Waals surface area contributed by atoms with Gasteiger partial charge in [0.2, 0.25) is 5.13 Å². The van der Waals surface area contributed by atoms with Crippen LogP contribution in [0.1, 0.15) is 5.56 Å². The van der Waals surface area contributed by atoms with Crippen molar-refractivity contribution >= 4 is 57.0 Å². The minimum absolute atomic E-state index is 0.117. The zero-order valence-electron chi connectivity index (χ0n) is 13.8. The number of hydrogen-bond donors (Lipinski definition) is 2. The van der Waals surface area contributed by atoms with E-state index in [1.54, 1.807) is 23.6 Å². The van der Waals surface area contributed by atoms with Crippen LogP contribution in [0.2, 0.25) is 10.0 Å². The summed E-state index contributed by atoms with van der Waals surface area (Å²) in [5, 5.41) is 27.2. The maximum atomic E-state index is 11.6. The SMILES string of the molecule is O=C(O)/C(=N\Nc1nc(-c2ccc(Cl)c(Cl)c2)cs1)c1ccccc1[N+](=O)[O-]. The first-order chi connectivity index (χ1) is 13.4. The number of nitrogens with zero attached hydrogens (tertiary/aromatic N) is 3. The van der Waals surface area contributed by atoms with Gasteiger partial charge < -0.3 is 5.11 Å². The van der Waals surface area contributed by atoms with E-state index in [-0.39, 0.29) is 11.3 Å². The summed E-state index contributed by atoms with van der Waals surface area (Å²) in [4.78, 5) is 26.3. The number of thiazole rings is 1. The molecule has 0 saturated heterocycles. The number of halogens is 2. The first kappa shape index (κ1) is 19.7. The number of hydrogen-bond acceptors (Lipinski definition) is 7. The molecule has 2 N–H and O–H groups in total. The topological polar surface area (TPSA) is 118 Å². The number of nitrogens with one attached hydrogen (secondary N) is 1. The molecular formula is C17H10Cl2N4O4S. The molecule has 0 atom stereocenters. The van der Waals surface area contributed by atoms with Crippen LogP contribution in [0.5, 0.6) is 0 Å². The van der Waals surface area contributed by atoms with E-state index in [1.807, 2.05) is 0 Å². The molecule has 8 nitrogen and oxygen atoms in total. The number of rotatable bonds is 6. The molecule has 0 radical (unpaired) electrons. The molecule has 11 heteroatoms. The number of hydrazone groups is 1. The maximum absolute atomic E-state index is 11.6. The molecule has 0 aliphatic carbocycles. The predicted octanol–water partition coefficient (Wildman–Crippen LogP) is 4.93. The summed E-state index contributed by atoms with van der Waals surface area (Å²) in [5.74, 6) is -1.41. The van der Waals surface area contributed by atoms with Crippen LogP contribution in [0.4, 0.5) is 10.8 Å². The first-order valence-electron chi connectivity index (χ1n) is 7.58. The first-order valence-corrected chi connectivity index (χ1v) is 9.22. The van der Waals surface area contributed by atoms with Crippen molar-refractivity contribution in [1.82, 2.24) is 4.98 Å². The molecule has 1 heterocycles. The summed E-state index contributed by atoms with van der Waals surface area (Å²) in [6, 6.07) is 10.5. The number of aromatic nitrogens is 1. The molecule has 0 spiro atoms. The summed E-state index contributed by atoms with van der Waals surface area (Å²) in [5.41, 5.74) is 2.87. The minimum Gasteiger partial charge on any atom is -0.476 e. The lowest BCUT2D eigenvalue weighted by atomic mass is 10.1. The molecule has 0 aliphatic heterocycles. The van der Waals surface area contributed by atoms with Crippen LogP contribution in [-0.2, 0) is 4.79 Å². The Morgan fingerprint density at radius 2 is 1.96 bits per heavy atom. The number of carboxylic acid groups (broad SMARTS) is 1. The zero-order valence-corrected chi connectivity index (χ0v) is 16.1. The third-order valence-electron chi connectivity index (χ3n) is 3.54. The van der Waals surface area contributed by atoms with Gasteiger partial charge in [0.25, 0.3) is 5.69 Å². The van der Waals surface area contributed by atoms with E-state index >= 15 is 0 Å².